The van der Waals surface area contributed by atoms with Gasteiger partial charge in [-0.3, -0.25) is 0 Å². The molecule has 0 spiro atoms. The Hall–Kier alpha value is -6.78. The molecular weight excluding hydrogens is 609 g/mol. The van der Waals surface area contributed by atoms with E-state index >= 15 is 0 Å². The van der Waals surface area contributed by atoms with E-state index in [2.05, 4.69) is 176 Å². The SMILES string of the molecule is c1ccc(-n2c3ccccc3c3cc4c5cc6c(cc5n5ccc(c32)c45)c2cc3c4ccccc4n(-c4ccccc4)c3c3ccn6c23)cc1. The monoisotopic (exact) mass is 634 g/mol. The molecule has 6 heterocycles. The Morgan fingerprint density at radius 3 is 1.12 bits per heavy atom. The Balaban J connectivity index is 1.18. The number of aromatic nitrogens is 4. The molecule has 230 valence electrons. The van der Waals surface area contributed by atoms with Gasteiger partial charge in [0.1, 0.15) is 0 Å². The van der Waals surface area contributed by atoms with E-state index in [1.54, 1.807) is 0 Å². The summed E-state index contributed by atoms with van der Waals surface area (Å²) in [5.74, 6) is 0. The van der Waals surface area contributed by atoms with Crippen molar-refractivity contribution in [3.8, 4) is 11.4 Å². The van der Waals surface area contributed by atoms with Crippen LogP contribution in [0.25, 0.3) is 109 Å². The minimum absolute atomic E-state index is 1.18. The molecule has 0 aliphatic heterocycles. The second-order valence-corrected chi connectivity index (χ2v) is 13.8. The average Bonchev–Trinajstić information content (AvgIpc) is 4.01. The van der Waals surface area contributed by atoms with Gasteiger partial charge in [0, 0.05) is 77.6 Å². The molecule has 13 aromatic rings. The number of fused-ring (bicyclic) bond motifs is 14. The second kappa shape index (κ2) is 8.62. The highest BCUT2D eigenvalue weighted by atomic mass is 15.0. The number of benzene rings is 7. The molecule has 0 aliphatic rings. The molecule has 0 atom stereocenters. The fraction of sp³-hybridized carbons (Fsp3) is 0. The van der Waals surface area contributed by atoms with E-state index in [9.17, 15) is 0 Å². The maximum atomic E-state index is 2.45. The van der Waals surface area contributed by atoms with Crippen molar-refractivity contribution >= 4 is 98.0 Å². The average molecular weight is 635 g/mol. The van der Waals surface area contributed by atoms with Crippen LogP contribution >= 0.6 is 0 Å². The summed E-state index contributed by atoms with van der Waals surface area (Å²) < 4.78 is 9.75. The molecule has 0 bridgehead atoms. The van der Waals surface area contributed by atoms with Crippen molar-refractivity contribution < 1.29 is 0 Å². The van der Waals surface area contributed by atoms with Crippen molar-refractivity contribution in [2.75, 3.05) is 0 Å². The lowest BCUT2D eigenvalue weighted by Gasteiger charge is -2.08. The molecular formula is C46H26N4. The summed E-state index contributed by atoms with van der Waals surface area (Å²) in [7, 11) is 0. The molecule has 7 aromatic carbocycles. The van der Waals surface area contributed by atoms with Crippen molar-refractivity contribution in [2.24, 2.45) is 0 Å². The van der Waals surface area contributed by atoms with E-state index in [1.165, 1.54) is 109 Å². The van der Waals surface area contributed by atoms with Crippen LogP contribution in [0.5, 0.6) is 0 Å². The summed E-state index contributed by atoms with van der Waals surface area (Å²) in [4.78, 5) is 0. The zero-order chi connectivity index (χ0) is 32.2. The summed E-state index contributed by atoms with van der Waals surface area (Å²) in [6, 6.07) is 53.7. The minimum atomic E-state index is 1.18. The number of para-hydroxylation sites is 4. The lowest BCUT2D eigenvalue weighted by molar-refractivity contribution is 1.19. The summed E-state index contributed by atoms with van der Waals surface area (Å²) in [6.07, 6.45) is 4.56. The Kier molecular flexibility index (Phi) is 4.36. The van der Waals surface area contributed by atoms with Crippen LogP contribution in [0.4, 0.5) is 0 Å². The highest BCUT2D eigenvalue weighted by Gasteiger charge is 2.24. The maximum Gasteiger partial charge on any atom is 0.0635 e. The highest BCUT2D eigenvalue weighted by molar-refractivity contribution is 6.31. The van der Waals surface area contributed by atoms with Crippen molar-refractivity contribution in [1.82, 2.24) is 17.9 Å². The first kappa shape index (κ1) is 25.3. The van der Waals surface area contributed by atoms with Crippen LogP contribution < -0.4 is 0 Å². The largest absolute Gasteiger partial charge is 0.315 e. The molecule has 0 radical (unpaired) electrons. The predicted octanol–water partition coefficient (Wildman–Crippen LogP) is 11.9. The number of hydrogen-bond donors (Lipinski definition) is 0. The topological polar surface area (TPSA) is 18.7 Å². The molecule has 13 rings (SSSR count). The summed E-state index contributed by atoms with van der Waals surface area (Å²) >= 11 is 0. The Morgan fingerprint density at radius 1 is 0.260 bits per heavy atom. The van der Waals surface area contributed by atoms with Crippen LogP contribution in [0.1, 0.15) is 0 Å². The van der Waals surface area contributed by atoms with Crippen LogP contribution in [0, 0.1) is 0 Å². The van der Waals surface area contributed by atoms with Gasteiger partial charge in [0.05, 0.1) is 44.1 Å². The van der Waals surface area contributed by atoms with Gasteiger partial charge in [-0.15, -0.1) is 0 Å². The first-order chi connectivity index (χ1) is 24.8. The minimum Gasteiger partial charge on any atom is -0.315 e. The third-order valence-corrected chi connectivity index (χ3v) is 11.4. The molecule has 0 amide bonds. The third kappa shape index (κ3) is 2.84. The fourth-order valence-electron chi connectivity index (χ4n) is 9.48. The molecule has 0 aliphatic carbocycles. The molecule has 0 saturated carbocycles. The molecule has 4 nitrogen and oxygen atoms in total. The van der Waals surface area contributed by atoms with Gasteiger partial charge in [0.2, 0.25) is 0 Å². The van der Waals surface area contributed by atoms with E-state index in [0.29, 0.717) is 0 Å². The first-order valence-corrected chi connectivity index (χ1v) is 17.3. The zero-order valence-corrected chi connectivity index (χ0v) is 26.8. The molecule has 4 heteroatoms. The standard InChI is InChI=1S/C46H26N4/c1-3-11-27(12-4-1)49-39-17-9-7-15-29(39)35-23-37-33-25-42-34(26-41(33)47-21-19-31(43(37)47)45(35)49)38-24-36-30-16-8-10-18-40(30)50(28-13-5-2-6-14-28)46(36)32-20-22-48(42)44(32)38/h1-26H. The maximum absolute atomic E-state index is 2.45. The van der Waals surface area contributed by atoms with Crippen LogP contribution in [-0.4, -0.2) is 17.9 Å². The second-order valence-electron chi connectivity index (χ2n) is 13.8. The van der Waals surface area contributed by atoms with E-state index < -0.39 is 0 Å². The summed E-state index contributed by atoms with van der Waals surface area (Å²) in [6.45, 7) is 0. The zero-order valence-electron chi connectivity index (χ0n) is 26.8. The van der Waals surface area contributed by atoms with E-state index in [4.69, 9.17) is 0 Å². The smallest absolute Gasteiger partial charge is 0.0635 e. The van der Waals surface area contributed by atoms with Crippen LogP contribution in [0.15, 0.2) is 158 Å². The fourth-order valence-corrected chi connectivity index (χ4v) is 9.48. The van der Waals surface area contributed by atoms with Gasteiger partial charge >= 0.3 is 0 Å². The van der Waals surface area contributed by atoms with Gasteiger partial charge in [-0.1, -0.05) is 72.8 Å². The van der Waals surface area contributed by atoms with Crippen molar-refractivity contribution in [3.05, 3.63) is 158 Å². The molecule has 0 N–H and O–H groups in total. The number of rotatable bonds is 2. The van der Waals surface area contributed by atoms with E-state index in [0.717, 1.165) is 0 Å². The van der Waals surface area contributed by atoms with Crippen LogP contribution in [0.2, 0.25) is 0 Å². The Bertz CT molecular complexity index is 3280. The Labute approximate surface area is 284 Å². The van der Waals surface area contributed by atoms with Crippen molar-refractivity contribution in [2.45, 2.75) is 0 Å². The molecule has 0 unspecified atom stereocenters. The van der Waals surface area contributed by atoms with Gasteiger partial charge in [-0.2, -0.15) is 0 Å². The molecule has 50 heavy (non-hydrogen) atoms. The lowest BCUT2D eigenvalue weighted by atomic mass is 10.0. The predicted molar refractivity (Wildman–Crippen MR) is 209 cm³/mol. The van der Waals surface area contributed by atoms with Crippen LogP contribution in [-0.2, 0) is 0 Å². The summed E-state index contributed by atoms with van der Waals surface area (Å²) in [5, 5.41) is 12.9. The van der Waals surface area contributed by atoms with Gasteiger partial charge in [-0.05, 0) is 72.8 Å². The van der Waals surface area contributed by atoms with E-state index in [-0.39, 0.29) is 0 Å². The quantitative estimate of drug-likeness (QED) is 0.180. The highest BCUT2D eigenvalue weighted by Crippen LogP contribution is 2.46. The van der Waals surface area contributed by atoms with Gasteiger partial charge in [-0.25, -0.2) is 0 Å². The summed E-state index contributed by atoms with van der Waals surface area (Å²) in [5.41, 5.74) is 12.5. The number of hydrogen-bond acceptors (Lipinski definition) is 0. The third-order valence-electron chi connectivity index (χ3n) is 11.4. The van der Waals surface area contributed by atoms with E-state index in [1.807, 2.05) is 0 Å². The normalized spacial score (nSPS) is 12.8. The van der Waals surface area contributed by atoms with Gasteiger partial charge in [0.25, 0.3) is 0 Å². The molecule has 6 aromatic heterocycles. The van der Waals surface area contributed by atoms with Crippen molar-refractivity contribution in [1.29, 1.82) is 0 Å². The van der Waals surface area contributed by atoms with Crippen LogP contribution in [0.3, 0.4) is 0 Å². The molecule has 0 saturated heterocycles. The lowest BCUT2D eigenvalue weighted by Crippen LogP contribution is -1.93. The first-order valence-electron chi connectivity index (χ1n) is 17.3. The molecule has 0 fully saturated rings. The number of nitrogens with zero attached hydrogens (tertiary/aromatic N) is 4. The van der Waals surface area contributed by atoms with Gasteiger partial charge < -0.3 is 17.9 Å². The van der Waals surface area contributed by atoms with Crippen molar-refractivity contribution in [3.63, 3.8) is 0 Å². The Morgan fingerprint density at radius 2 is 0.660 bits per heavy atom. The van der Waals surface area contributed by atoms with Gasteiger partial charge in [0.15, 0.2) is 0 Å².